The van der Waals surface area contributed by atoms with Gasteiger partial charge in [-0.25, -0.2) is 8.42 Å². The van der Waals surface area contributed by atoms with E-state index in [1.54, 1.807) is 24.3 Å². The largest absolute Gasteiger partial charge is 0.495 e. The first-order chi connectivity index (χ1) is 12.9. The van der Waals surface area contributed by atoms with Gasteiger partial charge in [-0.1, -0.05) is 12.1 Å². The van der Waals surface area contributed by atoms with Crippen molar-refractivity contribution >= 4 is 27.1 Å². The second kappa shape index (κ2) is 7.80. The third-order valence-electron chi connectivity index (χ3n) is 4.15. The zero-order valence-corrected chi connectivity index (χ0v) is 15.4. The summed E-state index contributed by atoms with van der Waals surface area (Å²) >= 11 is 0. The molecular formula is C17H19N3O6S. The van der Waals surface area contributed by atoms with E-state index in [1.807, 2.05) is 4.90 Å². The van der Waals surface area contributed by atoms with Crippen molar-refractivity contribution in [3.63, 3.8) is 0 Å². The minimum Gasteiger partial charge on any atom is -0.495 e. The van der Waals surface area contributed by atoms with Crippen molar-refractivity contribution in [3.05, 3.63) is 52.6 Å². The van der Waals surface area contributed by atoms with E-state index in [2.05, 4.69) is 4.72 Å². The lowest BCUT2D eigenvalue weighted by Gasteiger charge is -2.30. The number of hydrogen-bond acceptors (Lipinski definition) is 7. The zero-order valence-electron chi connectivity index (χ0n) is 14.6. The molecule has 144 valence electrons. The number of nitrogens with zero attached hydrogens (tertiary/aromatic N) is 2. The average molecular weight is 393 g/mol. The Morgan fingerprint density at radius 2 is 1.89 bits per heavy atom. The normalized spacial score (nSPS) is 14.6. The number of nitro groups is 1. The Morgan fingerprint density at radius 1 is 1.19 bits per heavy atom. The predicted octanol–water partition coefficient (Wildman–Crippen LogP) is 2.24. The van der Waals surface area contributed by atoms with Crippen LogP contribution in [0.25, 0.3) is 0 Å². The van der Waals surface area contributed by atoms with Crippen LogP contribution in [-0.2, 0) is 14.8 Å². The lowest BCUT2D eigenvalue weighted by atomic mass is 10.2. The van der Waals surface area contributed by atoms with Crippen LogP contribution in [-0.4, -0.2) is 46.8 Å². The first-order valence-electron chi connectivity index (χ1n) is 8.19. The summed E-state index contributed by atoms with van der Waals surface area (Å²) in [5, 5.41) is 11.2. The van der Waals surface area contributed by atoms with Crippen molar-refractivity contribution in [1.82, 2.24) is 0 Å². The molecular weight excluding hydrogens is 374 g/mol. The molecule has 2 aromatic carbocycles. The number of sulfonamides is 1. The van der Waals surface area contributed by atoms with Gasteiger partial charge in [0.2, 0.25) is 0 Å². The summed E-state index contributed by atoms with van der Waals surface area (Å²) < 4.78 is 39.1. The Balaban J connectivity index is 2.06. The molecule has 0 atom stereocenters. The maximum absolute atomic E-state index is 13.1. The molecule has 1 N–H and O–H groups in total. The molecule has 1 aliphatic rings. The Hall–Kier alpha value is -2.85. The van der Waals surface area contributed by atoms with E-state index in [-0.39, 0.29) is 16.3 Å². The molecule has 1 heterocycles. The number of nitrogens with one attached hydrogen (secondary N) is 1. The first-order valence-corrected chi connectivity index (χ1v) is 9.67. The molecule has 0 radical (unpaired) electrons. The van der Waals surface area contributed by atoms with Gasteiger partial charge in [-0.3, -0.25) is 14.8 Å². The maximum Gasteiger partial charge on any atom is 0.270 e. The number of benzene rings is 2. The Bertz CT molecular complexity index is 941. The highest BCUT2D eigenvalue weighted by atomic mass is 32.2. The fraction of sp³-hybridized carbons (Fsp3) is 0.294. The predicted molar refractivity (Wildman–Crippen MR) is 99.9 cm³/mol. The Kier molecular flexibility index (Phi) is 5.47. The molecule has 0 aromatic heterocycles. The molecule has 9 nitrogen and oxygen atoms in total. The van der Waals surface area contributed by atoms with Gasteiger partial charge in [-0.05, 0) is 18.2 Å². The number of nitro benzene ring substituents is 1. The maximum atomic E-state index is 13.1. The van der Waals surface area contributed by atoms with Crippen LogP contribution in [0.5, 0.6) is 5.75 Å². The number of non-ortho nitro benzene ring substituents is 1. The molecule has 0 aliphatic carbocycles. The number of anilines is 2. The third kappa shape index (κ3) is 4.12. The van der Waals surface area contributed by atoms with Crippen LogP contribution in [0.4, 0.5) is 17.1 Å². The van der Waals surface area contributed by atoms with Crippen LogP contribution >= 0.6 is 0 Å². The summed E-state index contributed by atoms with van der Waals surface area (Å²) in [4.78, 5) is 12.2. The van der Waals surface area contributed by atoms with E-state index < -0.39 is 14.9 Å². The molecule has 1 saturated heterocycles. The van der Waals surface area contributed by atoms with Crippen molar-refractivity contribution in [2.24, 2.45) is 0 Å². The lowest BCUT2D eigenvalue weighted by molar-refractivity contribution is -0.385. The molecule has 0 spiro atoms. The number of morpholine rings is 1. The van der Waals surface area contributed by atoms with Gasteiger partial charge in [0.05, 0.1) is 36.6 Å². The van der Waals surface area contributed by atoms with Gasteiger partial charge >= 0.3 is 0 Å². The summed E-state index contributed by atoms with van der Waals surface area (Å²) in [6.07, 6.45) is 0. The SMILES string of the molecule is COc1ccccc1NS(=O)(=O)c1cc([N+](=O)[O-])ccc1N1CCOCC1. The summed E-state index contributed by atoms with van der Waals surface area (Å²) in [6, 6.07) is 10.4. The Labute approximate surface area is 156 Å². The highest BCUT2D eigenvalue weighted by Crippen LogP contribution is 2.33. The molecule has 0 bridgehead atoms. The minimum absolute atomic E-state index is 0.162. The first kappa shape index (κ1) is 18.9. The zero-order chi connectivity index (χ0) is 19.4. The van der Waals surface area contributed by atoms with E-state index in [0.29, 0.717) is 37.7 Å². The second-order valence-corrected chi connectivity index (χ2v) is 7.47. The molecule has 2 aromatic rings. The number of methoxy groups -OCH3 is 1. The highest BCUT2D eigenvalue weighted by molar-refractivity contribution is 7.93. The standard InChI is InChI=1S/C17H19N3O6S/c1-25-16-5-3-2-4-14(16)18-27(23,24)17-12-13(20(21)22)6-7-15(17)19-8-10-26-11-9-19/h2-7,12,18H,8-11H2,1H3. The average Bonchev–Trinajstić information content (AvgIpc) is 2.68. The van der Waals surface area contributed by atoms with E-state index in [9.17, 15) is 18.5 Å². The number of rotatable bonds is 6. The monoisotopic (exact) mass is 393 g/mol. The molecule has 0 amide bonds. The van der Waals surface area contributed by atoms with Gasteiger partial charge in [0, 0.05) is 25.2 Å². The van der Waals surface area contributed by atoms with Gasteiger partial charge in [0.15, 0.2) is 0 Å². The summed E-state index contributed by atoms with van der Waals surface area (Å²) in [5.74, 6) is 0.347. The lowest BCUT2D eigenvalue weighted by Crippen LogP contribution is -2.37. The molecule has 0 saturated carbocycles. The van der Waals surface area contributed by atoms with Crippen molar-refractivity contribution < 1.29 is 22.8 Å². The van der Waals surface area contributed by atoms with Crippen molar-refractivity contribution in [1.29, 1.82) is 0 Å². The summed E-state index contributed by atoms with van der Waals surface area (Å²) in [5.41, 5.74) is 0.346. The molecule has 1 fully saturated rings. The van der Waals surface area contributed by atoms with Gasteiger partial charge in [0.25, 0.3) is 15.7 Å². The second-order valence-electron chi connectivity index (χ2n) is 5.81. The topological polar surface area (TPSA) is 111 Å². The summed E-state index contributed by atoms with van der Waals surface area (Å²) in [6.45, 7) is 1.90. The quantitative estimate of drug-likeness (QED) is 0.592. The van der Waals surface area contributed by atoms with E-state index in [4.69, 9.17) is 9.47 Å². The molecule has 27 heavy (non-hydrogen) atoms. The van der Waals surface area contributed by atoms with E-state index in [0.717, 1.165) is 6.07 Å². The summed E-state index contributed by atoms with van der Waals surface area (Å²) in [7, 11) is -2.67. The van der Waals surface area contributed by atoms with Crippen LogP contribution < -0.4 is 14.4 Å². The van der Waals surface area contributed by atoms with Crippen LogP contribution in [0.2, 0.25) is 0 Å². The third-order valence-corrected chi connectivity index (χ3v) is 5.54. The van der Waals surface area contributed by atoms with E-state index >= 15 is 0 Å². The van der Waals surface area contributed by atoms with Gasteiger partial charge in [-0.15, -0.1) is 0 Å². The van der Waals surface area contributed by atoms with Crippen molar-refractivity contribution in [3.8, 4) is 5.75 Å². The van der Waals surface area contributed by atoms with Crippen molar-refractivity contribution in [2.75, 3.05) is 43.0 Å². The van der Waals surface area contributed by atoms with Gasteiger partial charge < -0.3 is 14.4 Å². The van der Waals surface area contributed by atoms with Crippen LogP contribution in [0.1, 0.15) is 0 Å². The molecule has 1 aliphatic heterocycles. The number of para-hydroxylation sites is 2. The molecule has 10 heteroatoms. The highest BCUT2D eigenvalue weighted by Gasteiger charge is 2.27. The van der Waals surface area contributed by atoms with Crippen LogP contribution in [0, 0.1) is 10.1 Å². The smallest absolute Gasteiger partial charge is 0.270 e. The fourth-order valence-corrected chi connectivity index (χ4v) is 4.14. The number of ether oxygens (including phenoxy) is 2. The van der Waals surface area contributed by atoms with Crippen molar-refractivity contribution in [2.45, 2.75) is 4.90 Å². The number of hydrogen-bond donors (Lipinski definition) is 1. The fourth-order valence-electron chi connectivity index (χ4n) is 2.83. The van der Waals surface area contributed by atoms with Crippen LogP contribution in [0.15, 0.2) is 47.4 Å². The van der Waals surface area contributed by atoms with Crippen LogP contribution in [0.3, 0.4) is 0 Å². The molecule has 0 unspecified atom stereocenters. The van der Waals surface area contributed by atoms with E-state index in [1.165, 1.54) is 19.2 Å². The van der Waals surface area contributed by atoms with Gasteiger partial charge in [-0.2, -0.15) is 0 Å². The Morgan fingerprint density at radius 3 is 2.56 bits per heavy atom. The van der Waals surface area contributed by atoms with Gasteiger partial charge in [0.1, 0.15) is 10.6 Å². The molecule has 3 rings (SSSR count). The minimum atomic E-state index is -4.10.